The zero-order valence-electron chi connectivity index (χ0n) is 33.5. The molecule has 0 aliphatic carbocycles. The van der Waals surface area contributed by atoms with Crippen LogP contribution in [0.15, 0.2) is 72.9 Å². The van der Waals surface area contributed by atoms with E-state index >= 15 is 0 Å². The van der Waals surface area contributed by atoms with Gasteiger partial charge in [-0.25, -0.2) is 4.57 Å². The number of phosphoric acid groups is 1. The van der Waals surface area contributed by atoms with Crippen molar-refractivity contribution in [3.63, 3.8) is 0 Å². The number of hydrogen-bond donors (Lipinski definition) is 3. The lowest BCUT2D eigenvalue weighted by atomic mass is 10.1. The Kier molecular flexibility index (Phi) is 36.8. The molecule has 0 aromatic carbocycles. The van der Waals surface area contributed by atoms with Crippen molar-refractivity contribution >= 4 is 19.8 Å². The van der Waals surface area contributed by atoms with Crippen LogP contribution in [0.5, 0.6) is 0 Å². The number of aliphatic hydroxyl groups is 1. The number of unbranched alkanes of at least 4 members (excludes halogenated alkanes) is 11. The van der Waals surface area contributed by atoms with Crippen LogP contribution in [-0.4, -0.2) is 60.5 Å². The minimum Gasteiger partial charge on any atom is -0.462 e. The minimum atomic E-state index is -4.43. The Morgan fingerprint density at radius 2 is 1.24 bits per heavy atom. The third-order valence-corrected chi connectivity index (χ3v) is 9.16. The number of ether oxygens (including phenoxy) is 2. The van der Waals surface area contributed by atoms with Crippen LogP contribution in [0.3, 0.4) is 0 Å². The summed E-state index contributed by atoms with van der Waals surface area (Å²) in [6, 6.07) is 0. The summed E-state index contributed by atoms with van der Waals surface area (Å²) >= 11 is 0. The molecule has 0 aliphatic rings. The summed E-state index contributed by atoms with van der Waals surface area (Å²) in [6.45, 7) is 3.35. The molecule has 0 fully saturated rings. The second kappa shape index (κ2) is 38.7. The van der Waals surface area contributed by atoms with Crippen molar-refractivity contribution in [2.45, 2.75) is 161 Å². The molecule has 54 heavy (non-hydrogen) atoms. The number of hydrogen-bond acceptors (Lipinski definition) is 9. The number of carbonyl (C=O) groups excluding carboxylic acids is 2. The van der Waals surface area contributed by atoms with Gasteiger partial charge in [-0.2, -0.15) is 0 Å². The fourth-order valence-electron chi connectivity index (χ4n) is 5.13. The first-order valence-electron chi connectivity index (χ1n) is 20.5. The number of allylic oxidation sites excluding steroid dienone is 11. The van der Waals surface area contributed by atoms with Gasteiger partial charge in [0.1, 0.15) is 6.61 Å². The Morgan fingerprint density at radius 1 is 0.667 bits per heavy atom. The summed E-state index contributed by atoms with van der Waals surface area (Å²) in [5, 5.41) is 10.3. The molecule has 2 unspecified atom stereocenters. The molecule has 0 aromatic rings. The van der Waals surface area contributed by atoms with E-state index in [1.165, 1.54) is 38.5 Å². The molecule has 0 saturated carbocycles. The number of rotatable bonds is 37. The summed E-state index contributed by atoms with van der Waals surface area (Å²) < 4.78 is 32.5. The summed E-state index contributed by atoms with van der Waals surface area (Å²) in [4.78, 5) is 34.8. The molecule has 0 saturated heterocycles. The monoisotopic (exact) mass is 780 g/mol. The summed E-state index contributed by atoms with van der Waals surface area (Å²) in [7, 11) is -4.43. The van der Waals surface area contributed by atoms with Gasteiger partial charge in [-0.3, -0.25) is 18.6 Å². The first-order chi connectivity index (χ1) is 26.2. The van der Waals surface area contributed by atoms with Crippen LogP contribution in [0.25, 0.3) is 0 Å². The molecule has 310 valence electrons. The molecular formula is C43H74NO9P. The van der Waals surface area contributed by atoms with Crippen LogP contribution < -0.4 is 5.73 Å². The average Bonchev–Trinajstić information content (AvgIpc) is 3.15. The molecule has 0 heterocycles. The van der Waals surface area contributed by atoms with Crippen molar-refractivity contribution in [3.05, 3.63) is 72.9 Å². The molecule has 0 radical (unpaired) electrons. The normalized spacial score (nSPS) is 14.7. The van der Waals surface area contributed by atoms with Gasteiger partial charge in [0.05, 0.1) is 19.3 Å². The lowest BCUT2D eigenvalue weighted by Gasteiger charge is -2.20. The van der Waals surface area contributed by atoms with E-state index in [0.717, 1.165) is 64.2 Å². The fraction of sp³-hybridized carbons (Fsp3) is 0.674. The van der Waals surface area contributed by atoms with Crippen LogP contribution in [0, 0.1) is 0 Å². The van der Waals surface area contributed by atoms with Crippen molar-refractivity contribution in [1.82, 2.24) is 0 Å². The van der Waals surface area contributed by atoms with Crippen molar-refractivity contribution in [2.24, 2.45) is 5.73 Å². The largest absolute Gasteiger partial charge is 0.472 e. The van der Waals surface area contributed by atoms with E-state index in [0.29, 0.717) is 19.3 Å². The molecular weight excluding hydrogens is 705 g/mol. The van der Waals surface area contributed by atoms with E-state index in [2.05, 4.69) is 62.5 Å². The van der Waals surface area contributed by atoms with Crippen LogP contribution in [0.4, 0.5) is 0 Å². The van der Waals surface area contributed by atoms with Crippen LogP contribution in [-0.2, 0) is 32.7 Å². The van der Waals surface area contributed by atoms with Gasteiger partial charge in [0.15, 0.2) is 6.10 Å². The summed E-state index contributed by atoms with van der Waals surface area (Å²) in [6.07, 6.45) is 42.5. The Hall–Kier alpha value is -2.59. The number of aliphatic hydroxyl groups excluding tert-OH is 1. The topological polar surface area (TPSA) is 155 Å². The smallest absolute Gasteiger partial charge is 0.462 e. The molecule has 0 aliphatic heterocycles. The van der Waals surface area contributed by atoms with Crippen molar-refractivity contribution in [3.8, 4) is 0 Å². The van der Waals surface area contributed by atoms with Gasteiger partial charge in [0.2, 0.25) is 0 Å². The molecule has 0 bridgehead atoms. The SMILES string of the molecule is CC/C=C\C/C=C\C/C=C\CCCCCCCC(=O)OC[C@H](COP(=O)(O)OCCN)OC(=O)CCCC(O)/C=C/C=C/C/C=C/CCCCCCCC. The predicted octanol–water partition coefficient (Wildman–Crippen LogP) is 10.5. The van der Waals surface area contributed by atoms with Gasteiger partial charge in [-0.05, 0) is 70.6 Å². The molecule has 0 aromatic heterocycles. The van der Waals surface area contributed by atoms with Crippen LogP contribution >= 0.6 is 7.82 Å². The number of phosphoric ester groups is 1. The van der Waals surface area contributed by atoms with Gasteiger partial charge in [-0.1, -0.05) is 138 Å². The van der Waals surface area contributed by atoms with Crippen LogP contribution in [0.1, 0.15) is 149 Å². The van der Waals surface area contributed by atoms with Crippen molar-refractivity contribution < 1.29 is 42.7 Å². The maximum absolute atomic E-state index is 12.6. The van der Waals surface area contributed by atoms with Gasteiger partial charge in [0, 0.05) is 19.4 Å². The van der Waals surface area contributed by atoms with Gasteiger partial charge >= 0.3 is 19.8 Å². The second-order valence-corrected chi connectivity index (χ2v) is 14.8. The zero-order valence-corrected chi connectivity index (χ0v) is 34.4. The van der Waals surface area contributed by atoms with E-state index in [1.54, 1.807) is 12.2 Å². The van der Waals surface area contributed by atoms with Gasteiger partial charge < -0.3 is 25.2 Å². The first kappa shape index (κ1) is 51.4. The number of carbonyl (C=O) groups is 2. The molecule has 11 heteroatoms. The summed E-state index contributed by atoms with van der Waals surface area (Å²) in [5.41, 5.74) is 5.33. The van der Waals surface area contributed by atoms with Crippen LogP contribution in [0.2, 0.25) is 0 Å². The molecule has 3 atom stereocenters. The van der Waals surface area contributed by atoms with Gasteiger partial charge in [-0.15, -0.1) is 0 Å². The predicted molar refractivity (Wildman–Crippen MR) is 221 cm³/mol. The first-order valence-corrected chi connectivity index (χ1v) is 22.0. The number of nitrogens with two attached hydrogens (primary N) is 1. The highest BCUT2D eigenvalue weighted by Gasteiger charge is 2.26. The lowest BCUT2D eigenvalue weighted by molar-refractivity contribution is -0.161. The van der Waals surface area contributed by atoms with Crippen molar-refractivity contribution in [1.29, 1.82) is 0 Å². The van der Waals surface area contributed by atoms with E-state index in [-0.39, 0.29) is 32.6 Å². The third kappa shape index (κ3) is 37.7. The van der Waals surface area contributed by atoms with E-state index in [1.807, 2.05) is 12.2 Å². The van der Waals surface area contributed by atoms with E-state index < -0.39 is 38.6 Å². The average molecular weight is 780 g/mol. The Bertz CT molecular complexity index is 1130. The molecule has 10 nitrogen and oxygen atoms in total. The Balaban J connectivity index is 4.42. The Morgan fingerprint density at radius 3 is 1.89 bits per heavy atom. The van der Waals surface area contributed by atoms with E-state index in [9.17, 15) is 24.2 Å². The maximum atomic E-state index is 12.6. The lowest BCUT2D eigenvalue weighted by Crippen LogP contribution is -2.29. The Labute approximate surface area is 327 Å². The second-order valence-electron chi connectivity index (χ2n) is 13.3. The zero-order chi connectivity index (χ0) is 39.8. The highest BCUT2D eigenvalue weighted by atomic mass is 31.2. The highest BCUT2D eigenvalue weighted by Crippen LogP contribution is 2.43. The van der Waals surface area contributed by atoms with Crippen molar-refractivity contribution in [2.75, 3.05) is 26.4 Å². The molecule has 4 N–H and O–H groups in total. The fourth-order valence-corrected chi connectivity index (χ4v) is 5.89. The third-order valence-electron chi connectivity index (χ3n) is 8.18. The maximum Gasteiger partial charge on any atom is 0.472 e. The van der Waals surface area contributed by atoms with Gasteiger partial charge in [0.25, 0.3) is 0 Å². The molecule has 0 spiro atoms. The minimum absolute atomic E-state index is 0.00117. The molecule has 0 amide bonds. The van der Waals surface area contributed by atoms with E-state index in [4.69, 9.17) is 24.3 Å². The summed E-state index contributed by atoms with van der Waals surface area (Å²) in [5.74, 6) is -1.05. The standard InChI is InChI=1S/C43H74NO9P/c1-3-5-7-9-11-13-15-17-18-20-22-24-26-28-30-34-42(46)50-38-41(39-52-54(48,49)51-37-36-44)53-43(47)35-31-33-40(45)32-29-27-25-23-21-19-16-14-12-10-8-6-4-2/h5,7,11,13,17-19,21,25,27,29,32,40-41,45H,3-4,6,8-10,12,14-16,20,22-24,26,28,30-31,33-39,44H2,1-2H3,(H,48,49)/b7-5-,13-11-,18-17-,21-19+,27-25+,32-29+/t40?,41-/m1/s1. The number of esters is 2. The molecule has 0 rings (SSSR count). The highest BCUT2D eigenvalue weighted by molar-refractivity contribution is 7.47. The quantitative estimate of drug-likeness (QED) is 0.0182.